The molecule has 0 amide bonds. The van der Waals surface area contributed by atoms with E-state index >= 15 is 0 Å². The third kappa shape index (κ3) is 3.86. The largest absolute Gasteiger partial charge is 0.493 e. The number of nitrogens with one attached hydrogen (secondary N) is 2. The number of halogens is 2. The molecule has 0 radical (unpaired) electrons. The number of hydrogen-bond donors (Lipinski definition) is 2. The number of sulfonamides is 1. The topological polar surface area (TPSA) is 70.7 Å². The number of rotatable bonds is 5. The van der Waals surface area contributed by atoms with Crippen LogP contribution in [-0.4, -0.2) is 41.7 Å². The highest BCUT2D eigenvalue weighted by Gasteiger charge is 2.25. The van der Waals surface area contributed by atoms with E-state index in [1.165, 1.54) is 25.3 Å². The molecule has 1 aliphatic heterocycles. The summed E-state index contributed by atoms with van der Waals surface area (Å²) in [5, 5.41) is 3.81. The van der Waals surface area contributed by atoms with Gasteiger partial charge in [0.05, 0.1) is 27.7 Å². The van der Waals surface area contributed by atoms with Crippen LogP contribution in [0.5, 0.6) is 5.75 Å². The van der Waals surface area contributed by atoms with Gasteiger partial charge in [0.2, 0.25) is 0 Å². The van der Waals surface area contributed by atoms with Crippen molar-refractivity contribution in [2.75, 3.05) is 42.9 Å². The third-order valence-electron chi connectivity index (χ3n) is 4.08. The number of nitrogens with zero attached hydrogens (tertiary/aromatic N) is 1. The van der Waals surface area contributed by atoms with Gasteiger partial charge < -0.3 is 15.0 Å². The van der Waals surface area contributed by atoms with E-state index in [2.05, 4.69) is 10.0 Å². The smallest absolute Gasteiger partial charge is 0.261 e. The fourth-order valence-corrected chi connectivity index (χ4v) is 4.56. The first-order chi connectivity index (χ1) is 12.4. The first-order valence-corrected chi connectivity index (χ1v) is 10.3. The molecule has 1 saturated heterocycles. The van der Waals surface area contributed by atoms with Crippen molar-refractivity contribution in [3.05, 3.63) is 46.4 Å². The minimum absolute atomic E-state index is 0.145. The molecule has 1 aliphatic rings. The van der Waals surface area contributed by atoms with Crippen molar-refractivity contribution in [1.82, 2.24) is 5.32 Å². The Balaban J connectivity index is 2.04. The van der Waals surface area contributed by atoms with Crippen LogP contribution in [0.3, 0.4) is 0 Å². The first kappa shape index (κ1) is 19.1. The van der Waals surface area contributed by atoms with Crippen LogP contribution in [0, 0.1) is 0 Å². The lowest BCUT2D eigenvalue weighted by Gasteiger charge is -2.32. The van der Waals surface area contributed by atoms with Crippen LogP contribution in [0.2, 0.25) is 10.0 Å². The van der Waals surface area contributed by atoms with E-state index in [4.69, 9.17) is 27.9 Å². The Morgan fingerprint density at radius 3 is 2.42 bits per heavy atom. The van der Waals surface area contributed by atoms with Crippen LogP contribution in [0.25, 0.3) is 0 Å². The second-order valence-corrected chi connectivity index (χ2v) is 8.22. The molecule has 6 nitrogen and oxygen atoms in total. The SMILES string of the molecule is COc1c(Cl)cc(NS(=O)(=O)c2ccccc2)c(Cl)c1N1CCNCC1. The maximum Gasteiger partial charge on any atom is 0.261 e. The molecule has 2 aromatic rings. The summed E-state index contributed by atoms with van der Waals surface area (Å²) in [6.07, 6.45) is 0. The van der Waals surface area contributed by atoms with Crippen LogP contribution in [0.15, 0.2) is 41.3 Å². The lowest BCUT2D eigenvalue weighted by Crippen LogP contribution is -2.43. The van der Waals surface area contributed by atoms with Gasteiger partial charge in [-0.1, -0.05) is 41.4 Å². The average Bonchev–Trinajstić information content (AvgIpc) is 2.65. The molecule has 140 valence electrons. The first-order valence-electron chi connectivity index (χ1n) is 8.03. The van der Waals surface area contributed by atoms with Gasteiger partial charge in [0.15, 0.2) is 5.75 Å². The summed E-state index contributed by atoms with van der Waals surface area (Å²) in [5.74, 6) is 0.432. The quantitative estimate of drug-likeness (QED) is 0.784. The lowest BCUT2D eigenvalue weighted by atomic mass is 10.2. The molecule has 0 aliphatic carbocycles. The van der Waals surface area contributed by atoms with Gasteiger partial charge in [-0.15, -0.1) is 0 Å². The highest BCUT2D eigenvalue weighted by atomic mass is 35.5. The summed E-state index contributed by atoms with van der Waals surface area (Å²) < 4.78 is 33.2. The predicted octanol–water partition coefficient (Wildman–Crippen LogP) is 3.21. The minimum atomic E-state index is -3.78. The van der Waals surface area contributed by atoms with Gasteiger partial charge >= 0.3 is 0 Å². The van der Waals surface area contributed by atoms with Crippen LogP contribution in [0.4, 0.5) is 11.4 Å². The number of ether oxygens (including phenoxy) is 1. The summed E-state index contributed by atoms with van der Waals surface area (Å²) in [5.41, 5.74) is 0.809. The lowest BCUT2D eigenvalue weighted by molar-refractivity contribution is 0.413. The van der Waals surface area contributed by atoms with E-state index in [1.807, 2.05) is 4.90 Å². The molecule has 26 heavy (non-hydrogen) atoms. The zero-order valence-corrected chi connectivity index (χ0v) is 16.5. The highest BCUT2D eigenvalue weighted by Crippen LogP contribution is 2.46. The van der Waals surface area contributed by atoms with Gasteiger partial charge in [-0.2, -0.15) is 0 Å². The Kier molecular flexibility index (Phi) is 5.82. The van der Waals surface area contributed by atoms with Crippen molar-refractivity contribution in [3.8, 4) is 5.75 Å². The minimum Gasteiger partial charge on any atom is -0.493 e. The second kappa shape index (κ2) is 7.92. The second-order valence-electron chi connectivity index (χ2n) is 5.76. The maximum absolute atomic E-state index is 12.6. The maximum atomic E-state index is 12.6. The van der Waals surface area contributed by atoms with Crippen molar-refractivity contribution >= 4 is 44.6 Å². The van der Waals surface area contributed by atoms with E-state index in [0.29, 0.717) is 24.5 Å². The van der Waals surface area contributed by atoms with Crippen molar-refractivity contribution in [3.63, 3.8) is 0 Å². The average molecular weight is 416 g/mol. The molecule has 2 N–H and O–H groups in total. The molecule has 0 unspecified atom stereocenters. The fourth-order valence-electron chi connectivity index (χ4n) is 2.84. The van der Waals surface area contributed by atoms with E-state index < -0.39 is 10.0 Å². The summed E-state index contributed by atoms with van der Waals surface area (Å²) in [6, 6.07) is 9.55. The van der Waals surface area contributed by atoms with Gasteiger partial charge in [0.25, 0.3) is 10.0 Å². The normalized spacial score (nSPS) is 15.0. The molecule has 1 heterocycles. The van der Waals surface area contributed by atoms with Gasteiger partial charge in [-0.05, 0) is 18.2 Å². The van der Waals surface area contributed by atoms with Crippen LogP contribution < -0.4 is 19.7 Å². The van der Waals surface area contributed by atoms with Gasteiger partial charge in [-0.3, -0.25) is 4.72 Å². The fraction of sp³-hybridized carbons (Fsp3) is 0.294. The molecule has 0 spiro atoms. The molecule has 0 atom stereocenters. The van der Waals surface area contributed by atoms with Crippen LogP contribution in [0.1, 0.15) is 0 Å². The standard InChI is InChI=1S/C17H19Cl2N3O3S/c1-25-17-13(18)11-14(15(19)16(17)22-9-7-20-8-10-22)21-26(23,24)12-5-3-2-4-6-12/h2-6,11,20-21H,7-10H2,1H3. The van der Waals surface area contributed by atoms with Crippen LogP contribution >= 0.6 is 23.2 Å². The molecular weight excluding hydrogens is 397 g/mol. The summed E-state index contributed by atoms with van der Waals surface area (Å²) in [6.45, 7) is 3.00. The predicted molar refractivity (Wildman–Crippen MR) is 105 cm³/mol. The third-order valence-corrected chi connectivity index (χ3v) is 6.13. The van der Waals surface area contributed by atoms with Gasteiger partial charge in [0.1, 0.15) is 5.69 Å². The number of anilines is 2. The molecule has 1 fully saturated rings. The number of benzene rings is 2. The van der Waals surface area contributed by atoms with Gasteiger partial charge in [0, 0.05) is 26.2 Å². The highest BCUT2D eigenvalue weighted by molar-refractivity contribution is 7.92. The summed E-state index contributed by atoms with van der Waals surface area (Å²) >= 11 is 12.9. The van der Waals surface area contributed by atoms with Crippen molar-refractivity contribution < 1.29 is 13.2 Å². The monoisotopic (exact) mass is 415 g/mol. The molecule has 2 aromatic carbocycles. The van der Waals surface area contributed by atoms with Crippen molar-refractivity contribution in [2.24, 2.45) is 0 Å². The Morgan fingerprint density at radius 2 is 1.81 bits per heavy atom. The van der Waals surface area contributed by atoms with E-state index in [9.17, 15) is 8.42 Å². The molecule has 3 rings (SSSR count). The Labute approximate surface area is 163 Å². The number of hydrogen-bond acceptors (Lipinski definition) is 5. The molecule has 0 aromatic heterocycles. The van der Waals surface area contributed by atoms with E-state index in [1.54, 1.807) is 18.2 Å². The Morgan fingerprint density at radius 1 is 1.15 bits per heavy atom. The molecule has 0 saturated carbocycles. The molecule has 9 heteroatoms. The van der Waals surface area contributed by atoms with Gasteiger partial charge in [-0.25, -0.2) is 8.42 Å². The Bertz CT molecular complexity index is 886. The van der Waals surface area contributed by atoms with Crippen LogP contribution in [-0.2, 0) is 10.0 Å². The number of piperazine rings is 1. The zero-order valence-electron chi connectivity index (χ0n) is 14.1. The van der Waals surface area contributed by atoms with Crippen molar-refractivity contribution in [2.45, 2.75) is 4.90 Å². The molecule has 0 bridgehead atoms. The van der Waals surface area contributed by atoms with E-state index in [-0.39, 0.29) is 20.6 Å². The molecular formula is C17H19Cl2N3O3S. The Hall–Kier alpha value is -1.67. The van der Waals surface area contributed by atoms with Crippen molar-refractivity contribution in [1.29, 1.82) is 0 Å². The van der Waals surface area contributed by atoms with E-state index in [0.717, 1.165) is 13.1 Å². The summed E-state index contributed by atoms with van der Waals surface area (Å²) in [7, 11) is -2.27. The number of methoxy groups -OCH3 is 1. The summed E-state index contributed by atoms with van der Waals surface area (Å²) in [4.78, 5) is 2.18. The zero-order chi connectivity index (χ0) is 18.7.